The molecule has 4 aliphatic carbocycles. The number of rotatable bonds is 0. The summed E-state index contributed by atoms with van der Waals surface area (Å²) < 4.78 is 0. The van der Waals surface area contributed by atoms with Crippen LogP contribution in [0.1, 0.15) is 50.4 Å². The second-order valence-corrected chi connectivity index (χ2v) is 10.4. The van der Waals surface area contributed by atoms with E-state index in [1.165, 1.54) is 83.5 Å². The van der Waals surface area contributed by atoms with Crippen molar-refractivity contribution in [1.29, 1.82) is 0 Å². The van der Waals surface area contributed by atoms with Gasteiger partial charge in [0.25, 0.3) is 0 Å². The molecule has 0 radical (unpaired) electrons. The molecule has 1 unspecified atom stereocenters. The lowest BCUT2D eigenvalue weighted by Gasteiger charge is -2.31. The highest BCUT2D eigenvalue weighted by Crippen LogP contribution is 2.58. The van der Waals surface area contributed by atoms with Crippen LogP contribution in [0.5, 0.6) is 0 Å². The summed E-state index contributed by atoms with van der Waals surface area (Å²) in [7, 11) is 0. The Morgan fingerprint density at radius 2 is 1.20 bits per heavy atom. The fourth-order valence-electron chi connectivity index (χ4n) is 7.31. The van der Waals surface area contributed by atoms with E-state index in [0.29, 0.717) is 5.92 Å². The molecule has 0 fully saturated rings. The average Bonchev–Trinajstić information content (AvgIpc) is 3.58. The van der Waals surface area contributed by atoms with Crippen molar-refractivity contribution in [2.75, 3.05) is 0 Å². The standard InChI is InChI=1S/C35H22/c1-5-11-25-20(7-1)15-23-18-32-33(19-29(23)25)35-28(31-17-22-9-3-6-12-26(22)34(31)32)14-13-27-24-10-4-2-8-21(24)16-30(27)35/h1-14,17-19,34H,15-16H2. The fraction of sp³-hybridized carbons (Fsp3) is 0.0857. The van der Waals surface area contributed by atoms with Crippen LogP contribution in [-0.4, -0.2) is 0 Å². The molecule has 0 bridgehead atoms. The van der Waals surface area contributed by atoms with Gasteiger partial charge in [-0.15, -0.1) is 0 Å². The third-order valence-electron chi connectivity index (χ3n) is 8.77. The predicted molar refractivity (Wildman–Crippen MR) is 145 cm³/mol. The van der Waals surface area contributed by atoms with Crippen LogP contribution in [0, 0.1) is 0 Å². The summed E-state index contributed by atoms with van der Waals surface area (Å²) in [5.41, 5.74) is 21.7. The quantitative estimate of drug-likeness (QED) is 0.221. The number of hydrogen-bond acceptors (Lipinski definition) is 0. The van der Waals surface area contributed by atoms with Crippen molar-refractivity contribution in [3.05, 3.63) is 142 Å². The molecule has 4 aliphatic rings. The molecule has 35 heavy (non-hydrogen) atoms. The summed E-state index contributed by atoms with van der Waals surface area (Å²) in [5, 5.41) is 0. The molecule has 0 N–H and O–H groups in total. The summed E-state index contributed by atoms with van der Waals surface area (Å²) in [6, 6.07) is 36.8. The molecular weight excluding hydrogens is 420 g/mol. The van der Waals surface area contributed by atoms with Crippen molar-refractivity contribution in [3.8, 4) is 33.4 Å². The van der Waals surface area contributed by atoms with Gasteiger partial charge in [0, 0.05) is 5.92 Å². The third kappa shape index (κ3) is 2.23. The Morgan fingerprint density at radius 3 is 2.09 bits per heavy atom. The largest absolute Gasteiger partial charge is 0.0619 e. The van der Waals surface area contributed by atoms with E-state index in [0.717, 1.165) is 12.8 Å². The molecule has 0 saturated carbocycles. The third-order valence-corrected chi connectivity index (χ3v) is 8.77. The molecule has 0 nitrogen and oxygen atoms in total. The molecule has 0 amide bonds. The van der Waals surface area contributed by atoms with Crippen molar-refractivity contribution < 1.29 is 0 Å². The van der Waals surface area contributed by atoms with Crippen LogP contribution in [0.25, 0.3) is 45.0 Å². The summed E-state index contributed by atoms with van der Waals surface area (Å²) in [4.78, 5) is 0. The molecule has 162 valence electrons. The van der Waals surface area contributed by atoms with Gasteiger partial charge >= 0.3 is 0 Å². The first-order valence-electron chi connectivity index (χ1n) is 12.7. The summed E-state index contributed by atoms with van der Waals surface area (Å²) >= 11 is 0. The van der Waals surface area contributed by atoms with Gasteiger partial charge in [-0.2, -0.15) is 0 Å². The molecule has 9 rings (SSSR count). The smallest absolute Gasteiger partial charge is 0.0358 e. The molecule has 0 aromatic heterocycles. The van der Waals surface area contributed by atoms with E-state index in [4.69, 9.17) is 0 Å². The minimum Gasteiger partial charge on any atom is -0.0619 e. The number of fused-ring (bicyclic) bond motifs is 15. The molecular formula is C35H22. The van der Waals surface area contributed by atoms with Crippen molar-refractivity contribution in [2.24, 2.45) is 0 Å². The lowest BCUT2D eigenvalue weighted by Crippen LogP contribution is -2.12. The Labute approximate surface area is 205 Å². The predicted octanol–water partition coefficient (Wildman–Crippen LogP) is 8.50. The lowest BCUT2D eigenvalue weighted by atomic mass is 9.72. The summed E-state index contributed by atoms with van der Waals surface area (Å²) in [6.45, 7) is 0. The first kappa shape index (κ1) is 18.2. The van der Waals surface area contributed by atoms with Gasteiger partial charge in [-0.05, 0) is 108 Å². The molecule has 0 saturated heterocycles. The number of benzene rings is 5. The van der Waals surface area contributed by atoms with E-state index >= 15 is 0 Å². The van der Waals surface area contributed by atoms with Gasteiger partial charge in [-0.3, -0.25) is 0 Å². The highest BCUT2D eigenvalue weighted by Gasteiger charge is 2.38. The highest BCUT2D eigenvalue weighted by molar-refractivity contribution is 6.06. The molecule has 5 aromatic rings. The van der Waals surface area contributed by atoms with Crippen molar-refractivity contribution in [2.45, 2.75) is 18.8 Å². The fourth-order valence-corrected chi connectivity index (χ4v) is 7.31. The van der Waals surface area contributed by atoms with Crippen molar-refractivity contribution >= 4 is 11.6 Å². The van der Waals surface area contributed by atoms with Gasteiger partial charge in [0.2, 0.25) is 0 Å². The van der Waals surface area contributed by atoms with E-state index in [1.807, 2.05) is 0 Å². The second kappa shape index (κ2) is 6.29. The SMILES string of the molecule is C1=C2c3ccc4c(c3-c3cc5c(cc3C2c2ccccc21)Cc1ccccc1-5)Cc1ccccc1-4. The number of allylic oxidation sites excluding steroid dienone is 1. The van der Waals surface area contributed by atoms with E-state index in [1.54, 1.807) is 0 Å². The zero-order chi connectivity index (χ0) is 22.7. The van der Waals surface area contributed by atoms with E-state index < -0.39 is 0 Å². The van der Waals surface area contributed by atoms with Gasteiger partial charge in [0.15, 0.2) is 0 Å². The van der Waals surface area contributed by atoms with Crippen molar-refractivity contribution in [1.82, 2.24) is 0 Å². The Balaban J connectivity index is 1.39. The van der Waals surface area contributed by atoms with Crippen LogP contribution in [-0.2, 0) is 12.8 Å². The minimum absolute atomic E-state index is 0.324. The van der Waals surface area contributed by atoms with E-state index in [9.17, 15) is 0 Å². The van der Waals surface area contributed by atoms with Crippen LogP contribution in [0.4, 0.5) is 0 Å². The maximum absolute atomic E-state index is 2.55. The first-order chi connectivity index (χ1) is 17.3. The van der Waals surface area contributed by atoms with Gasteiger partial charge in [0.05, 0.1) is 0 Å². The van der Waals surface area contributed by atoms with Crippen LogP contribution in [0.2, 0.25) is 0 Å². The highest BCUT2D eigenvalue weighted by atomic mass is 14.4. The van der Waals surface area contributed by atoms with Crippen LogP contribution >= 0.6 is 0 Å². The van der Waals surface area contributed by atoms with Crippen LogP contribution in [0.15, 0.2) is 97.1 Å². The lowest BCUT2D eigenvalue weighted by molar-refractivity contribution is 1.04. The maximum Gasteiger partial charge on any atom is 0.0358 e. The maximum atomic E-state index is 2.55. The monoisotopic (exact) mass is 442 g/mol. The van der Waals surface area contributed by atoms with Gasteiger partial charge in [-0.1, -0.05) is 91.0 Å². The van der Waals surface area contributed by atoms with E-state index in [2.05, 4.69) is 103 Å². The average molecular weight is 443 g/mol. The zero-order valence-corrected chi connectivity index (χ0v) is 19.3. The molecule has 0 heteroatoms. The van der Waals surface area contributed by atoms with Gasteiger partial charge in [0.1, 0.15) is 0 Å². The molecule has 0 aliphatic heterocycles. The second-order valence-electron chi connectivity index (χ2n) is 10.4. The Hall–Kier alpha value is -4.16. The minimum atomic E-state index is 0.324. The number of hydrogen-bond donors (Lipinski definition) is 0. The van der Waals surface area contributed by atoms with Crippen molar-refractivity contribution in [3.63, 3.8) is 0 Å². The first-order valence-corrected chi connectivity index (χ1v) is 12.7. The summed E-state index contributed by atoms with van der Waals surface area (Å²) in [6.07, 6.45) is 4.52. The van der Waals surface area contributed by atoms with Gasteiger partial charge < -0.3 is 0 Å². The molecule has 1 atom stereocenters. The van der Waals surface area contributed by atoms with E-state index in [-0.39, 0.29) is 0 Å². The van der Waals surface area contributed by atoms with Crippen LogP contribution in [0.3, 0.4) is 0 Å². The topological polar surface area (TPSA) is 0 Å². The molecule has 0 spiro atoms. The zero-order valence-electron chi connectivity index (χ0n) is 19.3. The Morgan fingerprint density at radius 1 is 0.486 bits per heavy atom. The Kier molecular flexibility index (Phi) is 3.27. The molecule has 5 aromatic carbocycles. The summed E-state index contributed by atoms with van der Waals surface area (Å²) in [5.74, 6) is 0.324. The Bertz CT molecular complexity index is 1800. The van der Waals surface area contributed by atoms with Crippen LogP contribution < -0.4 is 0 Å². The normalized spacial score (nSPS) is 16.8. The molecule has 0 heterocycles. The van der Waals surface area contributed by atoms with Gasteiger partial charge in [-0.25, -0.2) is 0 Å².